The molecule has 0 radical (unpaired) electrons. The van der Waals surface area contributed by atoms with Gasteiger partial charge in [-0.05, 0) is 70.6 Å². The molecule has 0 spiro atoms. The van der Waals surface area contributed by atoms with Crippen LogP contribution in [0.5, 0.6) is 0 Å². The van der Waals surface area contributed by atoms with Crippen LogP contribution < -0.4 is 5.73 Å². The third-order valence-corrected chi connectivity index (χ3v) is 9.70. The Hall–Kier alpha value is -2.03. The number of allylic oxidation sites excluding steroid dienone is 8. The minimum atomic E-state index is -4.38. The first kappa shape index (κ1) is 51.0. The van der Waals surface area contributed by atoms with E-state index in [0.29, 0.717) is 12.8 Å². The fourth-order valence-electron chi connectivity index (χ4n) is 5.54. The summed E-state index contributed by atoms with van der Waals surface area (Å²) in [7, 11) is -4.38. The molecule has 10 heteroatoms. The van der Waals surface area contributed by atoms with Crippen molar-refractivity contribution in [1.82, 2.24) is 0 Å². The van der Waals surface area contributed by atoms with Crippen molar-refractivity contribution in [3.63, 3.8) is 0 Å². The number of unbranched alkanes of at least 4 members (excludes halogenated alkanes) is 19. The van der Waals surface area contributed by atoms with Crippen LogP contribution in [0.25, 0.3) is 0 Å². The number of rotatable bonds is 39. The summed E-state index contributed by atoms with van der Waals surface area (Å²) in [4.78, 5) is 34.8. The second-order valence-electron chi connectivity index (χ2n) is 13.9. The fraction of sp³-hybridized carbons (Fsp3) is 0.767. The van der Waals surface area contributed by atoms with E-state index >= 15 is 0 Å². The highest BCUT2D eigenvalue weighted by molar-refractivity contribution is 7.47. The Morgan fingerprint density at radius 3 is 1.58 bits per heavy atom. The Morgan fingerprint density at radius 2 is 1.04 bits per heavy atom. The van der Waals surface area contributed by atoms with Crippen molar-refractivity contribution in [2.75, 3.05) is 26.4 Å². The summed E-state index contributed by atoms with van der Waals surface area (Å²) in [6.45, 7) is 3.65. The number of hydrogen-bond acceptors (Lipinski definition) is 8. The zero-order valence-electron chi connectivity index (χ0n) is 33.7. The first-order chi connectivity index (χ1) is 25.8. The van der Waals surface area contributed by atoms with Crippen LogP contribution in [0.1, 0.15) is 181 Å². The molecule has 0 rings (SSSR count). The van der Waals surface area contributed by atoms with Gasteiger partial charge in [-0.25, -0.2) is 4.57 Å². The van der Waals surface area contributed by atoms with E-state index in [1.54, 1.807) is 0 Å². The number of hydrogen-bond donors (Lipinski definition) is 2. The van der Waals surface area contributed by atoms with Gasteiger partial charge in [0, 0.05) is 19.4 Å². The maximum Gasteiger partial charge on any atom is 0.472 e. The summed E-state index contributed by atoms with van der Waals surface area (Å²) >= 11 is 0. The Bertz CT molecular complexity index is 1010. The Morgan fingerprint density at radius 1 is 0.585 bits per heavy atom. The summed E-state index contributed by atoms with van der Waals surface area (Å²) in [6.07, 6.45) is 44.2. The molecule has 53 heavy (non-hydrogen) atoms. The van der Waals surface area contributed by atoms with Crippen molar-refractivity contribution >= 4 is 19.8 Å². The van der Waals surface area contributed by atoms with Gasteiger partial charge in [0.15, 0.2) is 6.10 Å². The monoisotopic (exact) mass is 768 g/mol. The molecular weight excluding hydrogens is 689 g/mol. The molecule has 308 valence electrons. The van der Waals surface area contributed by atoms with E-state index in [4.69, 9.17) is 24.3 Å². The molecule has 0 fully saturated rings. The first-order valence-electron chi connectivity index (χ1n) is 21.1. The largest absolute Gasteiger partial charge is 0.472 e. The van der Waals surface area contributed by atoms with Crippen LogP contribution in [0, 0.1) is 0 Å². The summed E-state index contributed by atoms with van der Waals surface area (Å²) in [5, 5.41) is 0. The molecule has 3 N–H and O–H groups in total. The van der Waals surface area contributed by atoms with E-state index in [1.807, 2.05) is 0 Å². The van der Waals surface area contributed by atoms with E-state index in [1.165, 1.54) is 70.6 Å². The molecule has 1 unspecified atom stereocenters. The lowest BCUT2D eigenvalue weighted by Crippen LogP contribution is -2.29. The van der Waals surface area contributed by atoms with Crippen molar-refractivity contribution in [2.45, 2.75) is 187 Å². The van der Waals surface area contributed by atoms with Gasteiger partial charge in [-0.1, -0.05) is 146 Å². The predicted molar refractivity (Wildman–Crippen MR) is 220 cm³/mol. The molecular formula is C43H78NO8P. The van der Waals surface area contributed by atoms with Crippen molar-refractivity contribution in [2.24, 2.45) is 5.73 Å². The van der Waals surface area contributed by atoms with Crippen LogP contribution in [-0.2, 0) is 32.7 Å². The van der Waals surface area contributed by atoms with Gasteiger partial charge in [0.05, 0.1) is 13.2 Å². The van der Waals surface area contributed by atoms with Crippen molar-refractivity contribution < 1.29 is 37.6 Å². The minimum Gasteiger partial charge on any atom is -0.462 e. The number of carbonyl (C=O) groups is 2. The summed E-state index contributed by atoms with van der Waals surface area (Å²) < 4.78 is 32.7. The molecule has 0 saturated carbocycles. The molecule has 0 aliphatic heterocycles. The number of phosphoric ester groups is 1. The molecule has 2 atom stereocenters. The van der Waals surface area contributed by atoms with Crippen molar-refractivity contribution in [3.05, 3.63) is 48.6 Å². The van der Waals surface area contributed by atoms with E-state index in [2.05, 4.69) is 62.5 Å². The maximum atomic E-state index is 12.6. The highest BCUT2D eigenvalue weighted by atomic mass is 31.2. The Kier molecular flexibility index (Phi) is 38.1. The average Bonchev–Trinajstić information content (AvgIpc) is 3.14. The fourth-order valence-corrected chi connectivity index (χ4v) is 6.30. The second-order valence-corrected chi connectivity index (χ2v) is 15.3. The van der Waals surface area contributed by atoms with Crippen LogP contribution in [0.15, 0.2) is 48.6 Å². The van der Waals surface area contributed by atoms with E-state index < -0.39 is 32.5 Å². The average molecular weight is 768 g/mol. The summed E-state index contributed by atoms with van der Waals surface area (Å²) in [5.74, 6) is -0.857. The molecule has 0 saturated heterocycles. The van der Waals surface area contributed by atoms with Gasteiger partial charge in [0.25, 0.3) is 0 Å². The molecule has 0 bridgehead atoms. The van der Waals surface area contributed by atoms with Crippen LogP contribution in [0.3, 0.4) is 0 Å². The Balaban J connectivity index is 4.21. The zero-order chi connectivity index (χ0) is 38.9. The molecule has 0 aliphatic rings. The highest BCUT2D eigenvalue weighted by Crippen LogP contribution is 2.43. The number of nitrogens with two attached hydrogens (primary N) is 1. The SMILES string of the molecule is CCCCC/C=C/C/C=C/CCCCCCCCCC(=O)O[C@H](COC(=O)CCCCCCC/C=C/C=C/CCCCCC)COP(=O)(O)OCCN. The number of esters is 2. The number of ether oxygens (including phenoxy) is 2. The topological polar surface area (TPSA) is 134 Å². The standard InChI is InChI=1S/C43H78NO8P/c1-3-5-7-9-11-13-15-17-19-20-22-24-26-28-30-32-34-36-43(46)52-41(40-51-53(47,48)50-38-37-44)39-49-42(45)35-33-31-29-27-25-23-21-18-16-14-12-10-8-6-4-2/h11,13-14,16-19,21,41H,3-10,12,15,20,22-40,44H2,1-2H3,(H,47,48)/b13-11+,16-14+,19-17+,21-18+/t41-/m1/s1. The van der Waals surface area contributed by atoms with E-state index in [9.17, 15) is 19.0 Å². The van der Waals surface area contributed by atoms with Crippen LogP contribution in [-0.4, -0.2) is 49.3 Å². The lowest BCUT2D eigenvalue weighted by molar-refractivity contribution is -0.161. The van der Waals surface area contributed by atoms with Gasteiger partial charge < -0.3 is 20.1 Å². The predicted octanol–water partition coefficient (Wildman–Crippen LogP) is 11.9. The molecule has 0 heterocycles. The van der Waals surface area contributed by atoms with Gasteiger partial charge >= 0.3 is 19.8 Å². The lowest BCUT2D eigenvalue weighted by atomic mass is 10.1. The normalized spacial score (nSPS) is 13.8. The Labute approximate surface area is 324 Å². The second kappa shape index (κ2) is 39.7. The maximum absolute atomic E-state index is 12.6. The number of phosphoric acid groups is 1. The van der Waals surface area contributed by atoms with Gasteiger partial charge in [0.1, 0.15) is 6.61 Å². The molecule has 0 amide bonds. The van der Waals surface area contributed by atoms with E-state index in [-0.39, 0.29) is 32.6 Å². The molecule has 0 aliphatic carbocycles. The lowest BCUT2D eigenvalue weighted by Gasteiger charge is -2.19. The molecule has 0 aromatic heterocycles. The van der Waals surface area contributed by atoms with Crippen LogP contribution in [0.2, 0.25) is 0 Å². The third kappa shape index (κ3) is 39.5. The van der Waals surface area contributed by atoms with Crippen molar-refractivity contribution in [1.29, 1.82) is 0 Å². The molecule has 0 aromatic rings. The van der Waals surface area contributed by atoms with Gasteiger partial charge in [-0.15, -0.1) is 0 Å². The van der Waals surface area contributed by atoms with Crippen molar-refractivity contribution in [3.8, 4) is 0 Å². The minimum absolute atomic E-state index is 0.0482. The first-order valence-corrected chi connectivity index (χ1v) is 22.6. The summed E-state index contributed by atoms with van der Waals surface area (Å²) in [6, 6.07) is 0. The van der Waals surface area contributed by atoms with E-state index in [0.717, 1.165) is 70.6 Å². The zero-order valence-corrected chi connectivity index (χ0v) is 34.6. The summed E-state index contributed by atoms with van der Waals surface area (Å²) in [5.41, 5.74) is 5.34. The molecule has 9 nitrogen and oxygen atoms in total. The van der Waals surface area contributed by atoms with Gasteiger partial charge in [0.2, 0.25) is 0 Å². The smallest absolute Gasteiger partial charge is 0.462 e. The van der Waals surface area contributed by atoms with Gasteiger partial charge in [-0.3, -0.25) is 18.6 Å². The van der Waals surface area contributed by atoms with Gasteiger partial charge in [-0.2, -0.15) is 0 Å². The van der Waals surface area contributed by atoms with Crippen LogP contribution in [0.4, 0.5) is 0 Å². The third-order valence-electron chi connectivity index (χ3n) is 8.72. The highest BCUT2D eigenvalue weighted by Gasteiger charge is 2.26. The number of carbonyl (C=O) groups excluding carboxylic acids is 2. The van der Waals surface area contributed by atoms with Crippen LogP contribution >= 0.6 is 7.82 Å². The molecule has 0 aromatic carbocycles. The quantitative estimate of drug-likeness (QED) is 0.0206.